The Hall–Kier alpha value is -0.870. The van der Waals surface area contributed by atoms with Crippen LogP contribution in [0.15, 0.2) is 17.5 Å². The molecule has 2 aliphatic rings. The molecular weight excluding hydrogens is 268 g/mol. The zero-order valence-electron chi connectivity index (χ0n) is 12.2. The van der Waals surface area contributed by atoms with Crippen LogP contribution in [0.3, 0.4) is 0 Å². The molecule has 2 heterocycles. The summed E-state index contributed by atoms with van der Waals surface area (Å²) in [6.45, 7) is 3.09. The van der Waals surface area contributed by atoms with E-state index in [2.05, 4.69) is 29.3 Å². The number of hydrogen-bond acceptors (Lipinski definition) is 3. The van der Waals surface area contributed by atoms with E-state index in [4.69, 9.17) is 5.73 Å². The van der Waals surface area contributed by atoms with Gasteiger partial charge in [0.1, 0.15) is 0 Å². The Morgan fingerprint density at radius 3 is 3.00 bits per heavy atom. The first-order chi connectivity index (χ1) is 9.60. The smallest absolute Gasteiger partial charge is 0.243 e. The van der Waals surface area contributed by atoms with E-state index in [9.17, 15) is 4.79 Å². The van der Waals surface area contributed by atoms with Crippen LogP contribution in [0, 0.1) is 5.92 Å². The molecule has 1 saturated heterocycles. The van der Waals surface area contributed by atoms with E-state index >= 15 is 0 Å². The van der Waals surface area contributed by atoms with Crippen molar-refractivity contribution < 1.29 is 4.79 Å². The van der Waals surface area contributed by atoms with Gasteiger partial charge >= 0.3 is 0 Å². The minimum absolute atomic E-state index is 0.194. The number of likely N-dealkylation sites (tertiary alicyclic amines) is 1. The summed E-state index contributed by atoms with van der Waals surface area (Å²) < 4.78 is 0. The number of amides is 1. The number of thiophene rings is 1. The van der Waals surface area contributed by atoms with E-state index in [1.807, 2.05) is 0 Å². The highest BCUT2D eigenvalue weighted by Crippen LogP contribution is 2.39. The fraction of sp³-hybridized carbons (Fsp3) is 0.688. The first-order valence-electron chi connectivity index (χ1n) is 7.73. The first kappa shape index (κ1) is 14.1. The van der Waals surface area contributed by atoms with Crippen molar-refractivity contribution in [2.75, 3.05) is 6.54 Å². The Morgan fingerprint density at radius 1 is 1.45 bits per heavy atom. The molecule has 0 bridgehead atoms. The van der Waals surface area contributed by atoms with Crippen LogP contribution < -0.4 is 5.73 Å². The molecule has 0 spiro atoms. The van der Waals surface area contributed by atoms with E-state index in [0.717, 1.165) is 38.6 Å². The normalized spacial score (nSPS) is 34.4. The van der Waals surface area contributed by atoms with Gasteiger partial charge in [-0.05, 0) is 43.0 Å². The average Bonchev–Trinajstić information content (AvgIpc) is 3.08. The van der Waals surface area contributed by atoms with Crippen LogP contribution in [0.4, 0.5) is 0 Å². The molecule has 1 amide bonds. The van der Waals surface area contributed by atoms with Crippen molar-refractivity contribution in [3.63, 3.8) is 0 Å². The van der Waals surface area contributed by atoms with E-state index < -0.39 is 5.54 Å². The second-order valence-electron chi connectivity index (χ2n) is 6.53. The number of nitrogens with two attached hydrogens (primary N) is 1. The third-order valence-electron chi connectivity index (χ3n) is 4.84. The Bertz CT molecular complexity index is 473. The second kappa shape index (κ2) is 5.49. The summed E-state index contributed by atoms with van der Waals surface area (Å²) in [5.41, 5.74) is 5.89. The van der Waals surface area contributed by atoms with Crippen molar-refractivity contribution in [1.29, 1.82) is 0 Å². The minimum atomic E-state index is -0.614. The molecule has 1 aromatic rings. The van der Waals surface area contributed by atoms with Crippen LogP contribution in [-0.4, -0.2) is 22.9 Å². The molecule has 1 aliphatic carbocycles. The van der Waals surface area contributed by atoms with Crippen LogP contribution in [0.25, 0.3) is 0 Å². The van der Waals surface area contributed by atoms with Crippen molar-refractivity contribution in [3.05, 3.63) is 22.4 Å². The summed E-state index contributed by atoms with van der Waals surface area (Å²) in [6.07, 6.45) is 6.17. The molecule has 1 aromatic heterocycles. The van der Waals surface area contributed by atoms with Crippen LogP contribution in [-0.2, 0) is 4.79 Å². The fourth-order valence-corrected chi connectivity index (χ4v) is 4.73. The highest BCUT2D eigenvalue weighted by atomic mass is 32.1. The molecule has 2 N–H and O–H groups in total. The third-order valence-corrected chi connectivity index (χ3v) is 5.82. The Balaban J connectivity index is 1.79. The van der Waals surface area contributed by atoms with Crippen molar-refractivity contribution in [1.82, 2.24) is 4.90 Å². The summed E-state index contributed by atoms with van der Waals surface area (Å²) in [4.78, 5) is 16.3. The number of rotatable bonds is 2. The molecule has 0 radical (unpaired) electrons. The number of carbonyl (C=O) groups excluding carboxylic acids is 1. The van der Waals surface area contributed by atoms with E-state index in [1.165, 1.54) is 11.3 Å². The van der Waals surface area contributed by atoms with Crippen molar-refractivity contribution >= 4 is 17.2 Å². The molecule has 4 heteroatoms. The first-order valence-corrected chi connectivity index (χ1v) is 8.61. The summed E-state index contributed by atoms with van der Waals surface area (Å²) in [7, 11) is 0. The van der Waals surface area contributed by atoms with Gasteiger partial charge in [-0.1, -0.05) is 25.8 Å². The largest absolute Gasteiger partial charge is 0.333 e. The second-order valence-corrected chi connectivity index (χ2v) is 7.51. The predicted octanol–water partition coefficient (Wildman–Crippen LogP) is 3.32. The lowest BCUT2D eigenvalue weighted by atomic mass is 9.76. The molecule has 20 heavy (non-hydrogen) atoms. The average molecular weight is 292 g/mol. The predicted molar refractivity (Wildman–Crippen MR) is 82.6 cm³/mol. The maximum absolute atomic E-state index is 13.0. The highest BCUT2D eigenvalue weighted by molar-refractivity contribution is 7.10. The summed E-state index contributed by atoms with van der Waals surface area (Å²) >= 11 is 1.75. The topological polar surface area (TPSA) is 46.3 Å². The van der Waals surface area contributed by atoms with Crippen LogP contribution in [0.5, 0.6) is 0 Å². The summed E-state index contributed by atoms with van der Waals surface area (Å²) in [5, 5.41) is 2.09. The van der Waals surface area contributed by atoms with Crippen molar-refractivity contribution in [2.24, 2.45) is 11.7 Å². The molecule has 2 fully saturated rings. The maximum atomic E-state index is 13.0. The van der Waals surface area contributed by atoms with Gasteiger partial charge in [0.2, 0.25) is 5.91 Å². The Kier molecular flexibility index (Phi) is 3.87. The quantitative estimate of drug-likeness (QED) is 0.909. The molecule has 0 aromatic carbocycles. The molecule has 3 rings (SSSR count). The fourth-order valence-electron chi connectivity index (χ4n) is 3.86. The number of nitrogens with zero attached hydrogens (tertiary/aromatic N) is 1. The maximum Gasteiger partial charge on any atom is 0.243 e. The molecular formula is C16H24N2OS. The zero-order valence-corrected chi connectivity index (χ0v) is 13.0. The van der Waals surface area contributed by atoms with Gasteiger partial charge in [0.25, 0.3) is 0 Å². The summed E-state index contributed by atoms with van der Waals surface area (Å²) in [6, 6.07) is 4.48. The Morgan fingerprint density at radius 2 is 2.30 bits per heavy atom. The van der Waals surface area contributed by atoms with Crippen LogP contribution >= 0.6 is 11.3 Å². The molecule has 1 aliphatic heterocycles. The van der Waals surface area contributed by atoms with Crippen LogP contribution in [0.1, 0.15) is 56.4 Å². The number of hydrogen-bond donors (Lipinski definition) is 1. The monoisotopic (exact) mass is 292 g/mol. The third kappa shape index (κ3) is 2.51. The van der Waals surface area contributed by atoms with Gasteiger partial charge in [-0.2, -0.15) is 0 Å². The number of carbonyl (C=O) groups is 1. The van der Waals surface area contributed by atoms with E-state index in [0.29, 0.717) is 5.92 Å². The lowest BCUT2D eigenvalue weighted by molar-refractivity contribution is -0.139. The van der Waals surface area contributed by atoms with Gasteiger partial charge in [0.15, 0.2) is 0 Å². The van der Waals surface area contributed by atoms with Crippen LogP contribution in [0.2, 0.25) is 0 Å². The van der Waals surface area contributed by atoms with Gasteiger partial charge in [-0.25, -0.2) is 0 Å². The molecule has 1 saturated carbocycles. The highest BCUT2D eigenvalue weighted by Gasteiger charge is 2.43. The van der Waals surface area contributed by atoms with Gasteiger partial charge < -0.3 is 10.6 Å². The molecule has 3 nitrogen and oxygen atoms in total. The van der Waals surface area contributed by atoms with Gasteiger partial charge in [-0.15, -0.1) is 11.3 Å². The zero-order chi connectivity index (χ0) is 14.2. The standard InChI is InChI=1S/C16H24N2OS/c1-12-5-2-8-16(17,11-12)15(19)18-9-3-6-13(18)14-7-4-10-20-14/h4,7,10,12-13H,2-3,5-6,8-9,11,17H2,1H3. The molecule has 3 atom stereocenters. The summed E-state index contributed by atoms with van der Waals surface area (Å²) in [5.74, 6) is 0.764. The van der Waals surface area contributed by atoms with Gasteiger partial charge in [0.05, 0.1) is 11.6 Å². The SMILES string of the molecule is CC1CCCC(N)(C(=O)N2CCCC2c2cccs2)C1. The Labute approximate surface area is 125 Å². The van der Waals surface area contributed by atoms with E-state index in [-0.39, 0.29) is 11.9 Å². The molecule has 3 unspecified atom stereocenters. The van der Waals surface area contributed by atoms with Gasteiger partial charge in [-0.3, -0.25) is 4.79 Å². The van der Waals surface area contributed by atoms with E-state index in [1.54, 1.807) is 11.3 Å². The van der Waals surface area contributed by atoms with Crippen molar-refractivity contribution in [2.45, 2.75) is 57.0 Å². The lowest BCUT2D eigenvalue weighted by Gasteiger charge is -2.39. The van der Waals surface area contributed by atoms with Gasteiger partial charge in [0, 0.05) is 11.4 Å². The minimum Gasteiger partial charge on any atom is -0.333 e. The van der Waals surface area contributed by atoms with Crippen molar-refractivity contribution in [3.8, 4) is 0 Å². The molecule has 110 valence electrons. The lowest BCUT2D eigenvalue weighted by Crippen LogP contribution is -2.57.